The highest BCUT2D eigenvalue weighted by atomic mass is 16.6. The van der Waals surface area contributed by atoms with E-state index in [1.54, 1.807) is 12.1 Å². The maximum atomic E-state index is 10.7. The minimum absolute atomic E-state index is 0.101. The Balaban J connectivity index is 2.60. The van der Waals surface area contributed by atoms with E-state index in [4.69, 9.17) is 0 Å². The van der Waals surface area contributed by atoms with Gasteiger partial charge < -0.3 is 10.6 Å². The Bertz CT molecular complexity index is 474. The highest BCUT2D eigenvalue weighted by Crippen LogP contribution is 2.13. The summed E-state index contributed by atoms with van der Waals surface area (Å²) in [5.41, 5.74) is 0.929. The molecular weight excluding hydrogens is 268 g/mol. The first-order valence-corrected chi connectivity index (χ1v) is 7.42. The lowest BCUT2D eigenvalue weighted by atomic mass is 10.2. The third-order valence-corrected chi connectivity index (χ3v) is 2.96. The van der Waals surface area contributed by atoms with Crippen LogP contribution in [0.4, 0.5) is 5.69 Å². The molecule has 0 unspecified atom stereocenters. The van der Waals surface area contributed by atoms with Crippen LogP contribution in [0.15, 0.2) is 29.3 Å². The summed E-state index contributed by atoms with van der Waals surface area (Å²) in [6, 6.07) is 6.58. The molecule has 1 aromatic carbocycles. The zero-order valence-corrected chi connectivity index (χ0v) is 12.8. The van der Waals surface area contributed by atoms with Crippen molar-refractivity contribution in [1.82, 2.24) is 10.6 Å². The first kappa shape index (κ1) is 16.9. The largest absolute Gasteiger partial charge is 0.357 e. The summed E-state index contributed by atoms with van der Waals surface area (Å²) < 4.78 is 0. The second-order valence-electron chi connectivity index (χ2n) is 4.76. The van der Waals surface area contributed by atoms with E-state index in [0.717, 1.165) is 31.0 Å². The standard InChI is InChI=1S/C15H24N4O2/c1-3-5-6-10-17-15(16-4-2)18-12-13-8-7-9-14(11-13)19(20)21/h7-9,11H,3-6,10,12H2,1-2H3,(H2,16,17,18). The SMILES string of the molecule is CCCCCNC(=NCc1cccc([N+](=O)[O-])c1)NCC. The van der Waals surface area contributed by atoms with Gasteiger partial charge in [-0.3, -0.25) is 10.1 Å². The van der Waals surface area contributed by atoms with Crippen LogP contribution in [0, 0.1) is 10.1 Å². The number of benzene rings is 1. The number of nitro groups is 1. The van der Waals surface area contributed by atoms with Crippen molar-refractivity contribution in [3.63, 3.8) is 0 Å². The maximum Gasteiger partial charge on any atom is 0.269 e. The summed E-state index contributed by atoms with van der Waals surface area (Å²) in [5, 5.41) is 17.2. The van der Waals surface area contributed by atoms with Gasteiger partial charge in [0.05, 0.1) is 11.5 Å². The molecule has 6 nitrogen and oxygen atoms in total. The average molecular weight is 292 g/mol. The molecule has 0 radical (unpaired) electrons. The van der Waals surface area contributed by atoms with Gasteiger partial charge in [0.2, 0.25) is 0 Å². The molecule has 0 atom stereocenters. The summed E-state index contributed by atoms with van der Waals surface area (Å²) >= 11 is 0. The fourth-order valence-corrected chi connectivity index (χ4v) is 1.86. The van der Waals surface area contributed by atoms with E-state index in [-0.39, 0.29) is 10.6 Å². The van der Waals surface area contributed by atoms with Crippen LogP contribution >= 0.6 is 0 Å². The fourth-order valence-electron chi connectivity index (χ4n) is 1.86. The minimum Gasteiger partial charge on any atom is -0.357 e. The van der Waals surface area contributed by atoms with Crippen molar-refractivity contribution >= 4 is 11.6 Å². The molecule has 0 amide bonds. The summed E-state index contributed by atoms with van der Waals surface area (Å²) in [4.78, 5) is 14.8. The molecule has 1 rings (SSSR count). The molecule has 0 aliphatic heterocycles. The van der Waals surface area contributed by atoms with E-state index in [2.05, 4.69) is 22.5 Å². The normalized spacial score (nSPS) is 11.2. The van der Waals surface area contributed by atoms with Crippen LogP contribution in [0.25, 0.3) is 0 Å². The minimum atomic E-state index is -0.387. The van der Waals surface area contributed by atoms with Gasteiger partial charge in [-0.2, -0.15) is 0 Å². The first-order valence-electron chi connectivity index (χ1n) is 7.42. The molecule has 0 aliphatic rings. The van der Waals surface area contributed by atoms with E-state index >= 15 is 0 Å². The molecule has 2 N–H and O–H groups in total. The van der Waals surface area contributed by atoms with Crippen LogP contribution in [0.2, 0.25) is 0 Å². The average Bonchev–Trinajstić information content (AvgIpc) is 2.49. The molecule has 0 heterocycles. The van der Waals surface area contributed by atoms with E-state index in [0.29, 0.717) is 6.54 Å². The van der Waals surface area contributed by atoms with Crippen molar-refractivity contribution in [1.29, 1.82) is 0 Å². The molecule has 0 aromatic heterocycles. The summed E-state index contributed by atoms with van der Waals surface area (Å²) in [6.07, 6.45) is 3.48. The number of hydrogen-bond donors (Lipinski definition) is 2. The summed E-state index contributed by atoms with van der Waals surface area (Å²) in [5.74, 6) is 0.750. The highest BCUT2D eigenvalue weighted by molar-refractivity contribution is 5.79. The van der Waals surface area contributed by atoms with Gasteiger partial charge in [-0.25, -0.2) is 4.99 Å². The number of aliphatic imine (C=N–C) groups is 1. The van der Waals surface area contributed by atoms with Crippen molar-refractivity contribution in [3.8, 4) is 0 Å². The number of nitrogens with one attached hydrogen (secondary N) is 2. The third-order valence-electron chi connectivity index (χ3n) is 2.96. The Hall–Kier alpha value is -2.11. The number of non-ortho nitro benzene ring substituents is 1. The van der Waals surface area contributed by atoms with Crippen LogP contribution in [-0.2, 0) is 6.54 Å². The maximum absolute atomic E-state index is 10.7. The molecule has 0 saturated heterocycles. The molecule has 116 valence electrons. The van der Waals surface area contributed by atoms with E-state index in [1.807, 2.05) is 13.0 Å². The van der Waals surface area contributed by atoms with Gasteiger partial charge in [-0.15, -0.1) is 0 Å². The second kappa shape index (κ2) is 9.74. The quantitative estimate of drug-likeness (QED) is 0.254. The van der Waals surface area contributed by atoms with Crippen molar-refractivity contribution in [2.45, 2.75) is 39.7 Å². The number of nitrogens with zero attached hydrogens (tertiary/aromatic N) is 2. The van der Waals surface area contributed by atoms with Gasteiger partial charge >= 0.3 is 0 Å². The Labute approximate surface area is 125 Å². The van der Waals surface area contributed by atoms with Gasteiger partial charge in [0.15, 0.2) is 5.96 Å². The predicted molar refractivity (Wildman–Crippen MR) is 85.4 cm³/mol. The topological polar surface area (TPSA) is 79.6 Å². The molecular formula is C15H24N4O2. The van der Waals surface area contributed by atoms with Gasteiger partial charge in [0, 0.05) is 25.2 Å². The molecule has 0 bridgehead atoms. The molecule has 21 heavy (non-hydrogen) atoms. The van der Waals surface area contributed by atoms with E-state index in [1.165, 1.54) is 18.9 Å². The molecule has 0 spiro atoms. The lowest BCUT2D eigenvalue weighted by Gasteiger charge is -2.10. The number of guanidine groups is 1. The van der Waals surface area contributed by atoms with Gasteiger partial charge in [0.25, 0.3) is 5.69 Å². The summed E-state index contributed by atoms with van der Waals surface area (Å²) in [7, 11) is 0. The van der Waals surface area contributed by atoms with Gasteiger partial charge in [-0.05, 0) is 18.9 Å². The molecule has 1 aromatic rings. The van der Waals surface area contributed by atoms with Crippen molar-refractivity contribution in [2.24, 2.45) is 4.99 Å². The van der Waals surface area contributed by atoms with Crippen LogP contribution < -0.4 is 10.6 Å². The van der Waals surface area contributed by atoms with Crippen molar-refractivity contribution in [3.05, 3.63) is 39.9 Å². The van der Waals surface area contributed by atoms with Gasteiger partial charge in [0.1, 0.15) is 0 Å². The lowest BCUT2D eigenvalue weighted by molar-refractivity contribution is -0.384. The lowest BCUT2D eigenvalue weighted by Crippen LogP contribution is -2.37. The smallest absolute Gasteiger partial charge is 0.269 e. The molecule has 0 fully saturated rings. The Morgan fingerprint density at radius 3 is 2.76 bits per heavy atom. The summed E-state index contributed by atoms with van der Waals surface area (Å²) in [6.45, 7) is 6.27. The zero-order valence-electron chi connectivity index (χ0n) is 12.8. The van der Waals surface area contributed by atoms with Crippen molar-refractivity contribution < 1.29 is 4.92 Å². The Kier molecular flexibility index (Phi) is 7.86. The molecule has 0 saturated carbocycles. The predicted octanol–water partition coefficient (Wildman–Crippen LogP) is 2.84. The fraction of sp³-hybridized carbons (Fsp3) is 0.533. The van der Waals surface area contributed by atoms with Crippen LogP contribution in [0.3, 0.4) is 0 Å². The van der Waals surface area contributed by atoms with E-state index < -0.39 is 0 Å². The van der Waals surface area contributed by atoms with E-state index in [9.17, 15) is 10.1 Å². The van der Waals surface area contributed by atoms with Crippen LogP contribution in [0.1, 0.15) is 38.7 Å². The number of nitro benzene ring substituents is 1. The highest BCUT2D eigenvalue weighted by Gasteiger charge is 2.05. The Morgan fingerprint density at radius 1 is 1.29 bits per heavy atom. The van der Waals surface area contributed by atoms with Crippen molar-refractivity contribution in [2.75, 3.05) is 13.1 Å². The Morgan fingerprint density at radius 2 is 2.10 bits per heavy atom. The second-order valence-corrected chi connectivity index (χ2v) is 4.76. The monoisotopic (exact) mass is 292 g/mol. The van der Waals surface area contributed by atoms with Crippen LogP contribution in [-0.4, -0.2) is 24.0 Å². The molecule has 6 heteroatoms. The number of rotatable bonds is 8. The third kappa shape index (κ3) is 6.74. The number of unbranched alkanes of at least 4 members (excludes halogenated alkanes) is 2. The first-order chi connectivity index (χ1) is 10.2. The zero-order chi connectivity index (χ0) is 15.5. The number of hydrogen-bond acceptors (Lipinski definition) is 3. The molecule has 0 aliphatic carbocycles. The van der Waals surface area contributed by atoms with Gasteiger partial charge in [-0.1, -0.05) is 31.9 Å². The van der Waals surface area contributed by atoms with Crippen LogP contribution in [0.5, 0.6) is 0 Å².